The van der Waals surface area contributed by atoms with Gasteiger partial charge in [0.15, 0.2) is 0 Å². The Kier molecular flexibility index (Phi) is 3.94. The summed E-state index contributed by atoms with van der Waals surface area (Å²) in [5.41, 5.74) is 0. The first-order valence-corrected chi connectivity index (χ1v) is 7.99. The van der Waals surface area contributed by atoms with E-state index < -0.39 is 52.3 Å². The molecule has 8 atom stereocenters. The normalized spacial score (nSPS) is 59.3. The van der Waals surface area contributed by atoms with E-state index in [0.717, 1.165) is 0 Å². The Morgan fingerprint density at radius 3 is 1.21 bits per heavy atom. The number of phosphoric ester groups is 2. The van der Waals surface area contributed by atoms with Crippen molar-refractivity contribution in [2.45, 2.75) is 36.6 Å². The van der Waals surface area contributed by atoms with E-state index in [1.165, 1.54) is 0 Å². The van der Waals surface area contributed by atoms with Crippen molar-refractivity contribution in [2.75, 3.05) is 0 Å². The van der Waals surface area contributed by atoms with Crippen molar-refractivity contribution in [3.8, 4) is 0 Å². The molecule has 3 fully saturated rings. The average molecular weight is 322 g/mol. The lowest BCUT2D eigenvalue weighted by molar-refractivity contribution is -0.210. The molecule has 4 unspecified atom stereocenters. The van der Waals surface area contributed by atoms with Gasteiger partial charge in [0.25, 0.3) is 0 Å². The van der Waals surface area contributed by atoms with Crippen LogP contribution in [-0.4, -0.2) is 66.8 Å². The standard InChI is InChI=1S/C6H12O11P2/c7-1-2(8)6-4(10)3(9)5(1)15-18(11,12)17-19(13,14)16-6/h1-10H,(H,11,12)(H,13,14)/t1-,2-,3-,4+,5?,6?/m1/s1. The van der Waals surface area contributed by atoms with Gasteiger partial charge in [0.2, 0.25) is 0 Å². The van der Waals surface area contributed by atoms with Crippen LogP contribution in [0.25, 0.3) is 0 Å². The minimum absolute atomic E-state index is 1.90. The second-order valence-corrected chi connectivity index (χ2v) is 7.07. The molecule has 0 radical (unpaired) electrons. The zero-order valence-corrected chi connectivity index (χ0v) is 10.9. The highest BCUT2D eigenvalue weighted by Gasteiger charge is 2.57. The Morgan fingerprint density at radius 1 is 0.684 bits per heavy atom. The Labute approximate surface area is 106 Å². The molecule has 13 heteroatoms. The van der Waals surface area contributed by atoms with Crippen LogP contribution in [0.5, 0.6) is 0 Å². The van der Waals surface area contributed by atoms with Crippen molar-refractivity contribution >= 4 is 15.6 Å². The lowest BCUT2D eigenvalue weighted by Gasteiger charge is -2.41. The summed E-state index contributed by atoms with van der Waals surface area (Å²) in [5, 5.41) is 38.4. The third-order valence-corrected chi connectivity index (χ3v) is 5.43. The van der Waals surface area contributed by atoms with Crippen molar-refractivity contribution < 1.29 is 52.7 Å². The predicted octanol–water partition coefficient (Wildman–Crippen LogP) is -2.56. The van der Waals surface area contributed by atoms with Crippen LogP contribution in [0, 0.1) is 0 Å². The summed E-state index contributed by atoms with van der Waals surface area (Å²) in [4.78, 5) is 18.4. The highest BCUT2D eigenvalue weighted by Crippen LogP contribution is 2.63. The molecule has 2 aliphatic heterocycles. The van der Waals surface area contributed by atoms with E-state index >= 15 is 0 Å². The fourth-order valence-corrected chi connectivity index (χ4v) is 4.37. The van der Waals surface area contributed by atoms with Crippen LogP contribution < -0.4 is 0 Å². The second-order valence-electron chi connectivity index (χ2n) is 4.12. The fourth-order valence-electron chi connectivity index (χ4n) is 1.91. The molecule has 2 saturated heterocycles. The first-order valence-electron chi connectivity index (χ1n) is 5.00. The van der Waals surface area contributed by atoms with Gasteiger partial charge in [0, 0.05) is 0 Å². The lowest BCUT2D eigenvalue weighted by atomic mass is 9.85. The van der Waals surface area contributed by atoms with E-state index in [1.807, 2.05) is 0 Å². The molecule has 2 bridgehead atoms. The molecular formula is C6H12O11P2. The molecule has 1 aliphatic carbocycles. The van der Waals surface area contributed by atoms with Crippen molar-refractivity contribution in [1.29, 1.82) is 0 Å². The van der Waals surface area contributed by atoms with Crippen LogP contribution in [-0.2, 0) is 22.5 Å². The zero-order valence-electron chi connectivity index (χ0n) is 9.08. The third-order valence-electron chi connectivity index (χ3n) is 2.76. The van der Waals surface area contributed by atoms with E-state index in [2.05, 4.69) is 13.4 Å². The molecule has 2 heterocycles. The van der Waals surface area contributed by atoms with Crippen LogP contribution in [0.3, 0.4) is 0 Å². The smallest absolute Gasteiger partial charge is 0.387 e. The molecule has 112 valence electrons. The van der Waals surface area contributed by atoms with Crippen molar-refractivity contribution in [2.24, 2.45) is 0 Å². The summed E-state index contributed by atoms with van der Waals surface area (Å²) in [5.74, 6) is 0. The maximum Gasteiger partial charge on any atom is 0.481 e. The van der Waals surface area contributed by atoms with Gasteiger partial charge in [-0.05, 0) is 0 Å². The van der Waals surface area contributed by atoms with E-state index in [4.69, 9.17) is 0 Å². The number of hydrogen-bond acceptors (Lipinski definition) is 9. The number of aliphatic hydroxyl groups is 4. The molecule has 6 N–H and O–H groups in total. The van der Waals surface area contributed by atoms with Crippen LogP contribution >= 0.6 is 15.6 Å². The average Bonchev–Trinajstić information content (AvgIpc) is 2.29. The Bertz CT molecular complexity index is 396. The van der Waals surface area contributed by atoms with Crippen molar-refractivity contribution in [1.82, 2.24) is 0 Å². The van der Waals surface area contributed by atoms with E-state index in [1.54, 1.807) is 0 Å². The van der Waals surface area contributed by atoms with Gasteiger partial charge in [-0.2, -0.15) is 4.31 Å². The lowest BCUT2D eigenvalue weighted by Crippen LogP contribution is -2.64. The molecule has 0 spiro atoms. The van der Waals surface area contributed by atoms with E-state index in [9.17, 15) is 39.3 Å². The quantitative estimate of drug-likeness (QED) is 0.258. The topological polar surface area (TPSA) is 183 Å². The van der Waals surface area contributed by atoms with E-state index in [0.29, 0.717) is 0 Å². The van der Waals surface area contributed by atoms with Gasteiger partial charge in [-0.3, -0.25) is 9.05 Å². The first-order chi connectivity index (χ1) is 8.54. The number of rotatable bonds is 0. The Balaban J connectivity index is 2.48. The molecule has 3 rings (SSSR count). The number of hydrogen-bond donors (Lipinski definition) is 6. The molecule has 3 aliphatic rings. The van der Waals surface area contributed by atoms with Gasteiger partial charge >= 0.3 is 15.6 Å². The summed E-state index contributed by atoms with van der Waals surface area (Å²) in [6.45, 7) is 0. The molecule has 11 nitrogen and oxygen atoms in total. The van der Waals surface area contributed by atoms with Crippen LogP contribution in [0.1, 0.15) is 0 Å². The van der Waals surface area contributed by atoms with Gasteiger partial charge in [-0.25, -0.2) is 9.13 Å². The van der Waals surface area contributed by atoms with Gasteiger partial charge in [-0.15, -0.1) is 0 Å². The third kappa shape index (κ3) is 2.92. The van der Waals surface area contributed by atoms with Gasteiger partial charge in [-0.1, -0.05) is 0 Å². The molecule has 1 saturated carbocycles. The molecular weight excluding hydrogens is 310 g/mol. The summed E-state index contributed by atoms with van der Waals surface area (Å²) in [6.07, 6.45) is -11.6. The largest absolute Gasteiger partial charge is 0.481 e. The van der Waals surface area contributed by atoms with Gasteiger partial charge in [0.1, 0.15) is 36.6 Å². The molecule has 19 heavy (non-hydrogen) atoms. The van der Waals surface area contributed by atoms with Crippen LogP contribution in [0.4, 0.5) is 0 Å². The van der Waals surface area contributed by atoms with E-state index in [-0.39, 0.29) is 0 Å². The minimum atomic E-state index is -5.16. The maximum absolute atomic E-state index is 11.4. The summed E-state index contributed by atoms with van der Waals surface area (Å²) in [7, 11) is -10.3. The number of aliphatic hydroxyl groups excluding tert-OH is 4. The molecule has 0 aromatic rings. The van der Waals surface area contributed by atoms with Crippen LogP contribution in [0.15, 0.2) is 0 Å². The van der Waals surface area contributed by atoms with Crippen molar-refractivity contribution in [3.05, 3.63) is 0 Å². The van der Waals surface area contributed by atoms with Gasteiger partial charge < -0.3 is 30.2 Å². The second kappa shape index (κ2) is 4.83. The summed E-state index contributed by atoms with van der Waals surface area (Å²) >= 11 is 0. The monoisotopic (exact) mass is 322 g/mol. The Morgan fingerprint density at radius 2 is 0.947 bits per heavy atom. The highest BCUT2D eigenvalue weighted by molar-refractivity contribution is 7.61. The minimum Gasteiger partial charge on any atom is -0.387 e. The molecule has 0 amide bonds. The SMILES string of the molecule is O=P1(O)OC2[C@@H](O)[C@@H](O)C(OP(=O)(O)O1)[C@H](O)[C@H]2O. The van der Waals surface area contributed by atoms with Gasteiger partial charge in [0.05, 0.1) is 0 Å². The highest BCUT2D eigenvalue weighted by atomic mass is 31.3. The fraction of sp³-hybridized carbons (Fsp3) is 1.00. The predicted molar refractivity (Wildman–Crippen MR) is 54.5 cm³/mol. The van der Waals surface area contributed by atoms with Crippen molar-refractivity contribution in [3.63, 3.8) is 0 Å². The maximum atomic E-state index is 11.4. The number of phosphoric acid groups is 2. The first kappa shape index (κ1) is 15.5. The zero-order chi connectivity index (χ0) is 14.6. The molecule has 0 aromatic heterocycles. The molecule has 0 aromatic carbocycles. The number of fused-ring (bicyclic) bond motifs is 6. The Hall–Kier alpha value is 0.1000. The summed E-state index contributed by atoms with van der Waals surface area (Å²) in [6, 6.07) is 0. The summed E-state index contributed by atoms with van der Waals surface area (Å²) < 4.78 is 35.2. The van der Waals surface area contributed by atoms with Crippen LogP contribution in [0.2, 0.25) is 0 Å².